The van der Waals surface area contributed by atoms with E-state index in [2.05, 4.69) is 25.9 Å². The normalized spacial score (nSPS) is 10.9. The predicted octanol–water partition coefficient (Wildman–Crippen LogP) is 2.44. The third kappa shape index (κ3) is 2.57. The minimum atomic E-state index is -0.692. The molecule has 0 aliphatic rings. The lowest BCUT2D eigenvalue weighted by atomic mass is 10.3. The van der Waals surface area contributed by atoms with E-state index < -0.39 is 16.2 Å². The van der Waals surface area contributed by atoms with Gasteiger partial charge in [-0.3, -0.25) is 14.9 Å². The van der Waals surface area contributed by atoms with Crippen molar-refractivity contribution in [2.45, 2.75) is 6.54 Å². The van der Waals surface area contributed by atoms with Gasteiger partial charge >= 0.3 is 11.2 Å². The number of hydrogen-bond acceptors (Lipinski definition) is 4. The molecule has 0 atom stereocenters. The van der Waals surface area contributed by atoms with Crippen LogP contribution in [0.1, 0.15) is 5.82 Å². The molecule has 0 fully saturated rings. The Hall–Kier alpha value is -2.48. The summed E-state index contributed by atoms with van der Waals surface area (Å²) in [5, 5.41) is 10.9. The molecule has 2 aromatic heterocycles. The number of fused-ring (bicyclic) bond motifs is 1. The maximum Gasteiger partial charge on any atom is 0.335 e. The fourth-order valence-electron chi connectivity index (χ4n) is 2.07. The van der Waals surface area contributed by atoms with Gasteiger partial charge in [0.2, 0.25) is 0 Å². The number of aromatic nitrogens is 3. The van der Waals surface area contributed by atoms with Crippen molar-refractivity contribution < 1.29 is 4.92 Å². The monoisotopic (exact) mass is 348 g/mol. The van der Waals surface area contributed by atoms with Crippen LogP contribution >= 0.6 is 15.9 Å². The number of benzene rings is 1. The zero-order valence-corrected chi connectivity index (χ0v) is 12.2. The molecule has 0 saturated carbocycles. The van der Waals surface area contributed by atoms with Crippen LogP contribution in [0.2, 0.25) is 0 Å². The molecular formula is C13H9BrN4O3. The Balaban J connectivity index is 2.05. The summed E-state index contributed by atoms with van der Waals surface area (Å²) in [6.07, 6.45) is 1.50. The average molecular weight is 349 g/mol. The summed E-state index contributed by atoms with van der Waals surface area (Å²) < 4.78 is 1.71. The molecule has 0 bridgehead atoms. The van der Waals surface area contributed by atoms with Crippen molar-refractivity contribution in [1.29, 1.82) is 0 Å². The fourth-order valence-corrected chi connectivity index (χ4v) is 2.54. The SMILES string of the molecule is O=c1c([N+](=O)[O-])cc(Br)cn1Cc1nc2ccccc2[nH]1. The molecule has 21 heavy (non-hydrogen) atoms. The molecule has 0 unspecified atom stereocenters. The smallest absolute Gasteiger partial charge is 0.335 e. The number of halogens is 1. The van der Waals surface area contributed by atoms with Crippen LogP contribution in [0.5, 0.6) is 0 Å². The molecule has 3 rings (SSSR count). The number of nitro groups is 1. The summed E-state index contributed by atoms with van der Waals surface area (Å²) in [5.41, 5.74) is 0.499. The van der Waals surface area contributed by atoms with E-state index in [0.717, 1.165) is 11.0 Å². The second-order valence-electron chi connectivity index (χ2n) is 4.43. The lowest BCUT2D eigenvalue weighted by Gasteiger charge is -2.03. The van der Waals surface area contributed by atoms with Gasteiger partial charge in [0.25, 0.3) is 0 Å². The number of imidazole rings is 1. The molecule has 106 valence electrons. The number of hydrogen-bond donors (Lipinski definition) is 1. The minimum absolute atomic E-state index is 0.133. The highest BCUT2D eigenvalue weighted by Gasteiger charge is 2.16. The predicted molar refractivity (Wildman–Crippen MR) is 80.3 cm³/mol. The standard InChI is InChI=1S/C13H9BrN4O3/c14-8-5-11(18(20)21)13(19)17(6-8)7-12-15-9-3-1-2-4-10(9)16-12/h1-6H,7H2,(H,15,16). The van der Waals surface area contributed by atoms with Crippen molar-refractivity contribution in [3.8, 4) is 0 Å². The van der Waals surface area contributed by atoms with Gasteiger partial charge in [0.15, 0.2) is 0 Å². The summed E-state index contributed by atoms with van der Waals surface area (Å²) in [7, 11) is 0. The summed E-state index contributed by atoms with van der Waals surface area (Å²) in [6.45, 7) is 0.133. The average Bonchev–Trinajstić information content (AvgIpc) is 2.84. The van der Waals surface area contributed by atoms with Crippen molar-refractivity contribution in [2.24, 2.45) is 0 Å². The quantitative estimate of drug-likeness (QED) is 0.580. The Morgan fingerprint density at radius 3 is 2.86 bits per heavy atom. The molecule has 3 aromatic rings. The van der Waals surface area contributed by atoms with E-state index in [4.69, 9.17) is 0 Å². The van der Waals surface area contributed by atoms with Gasteiger partial charge in [0.05, 0.1) is 22.5 Å². The highest BCUT2D eigenvalue weighted by molar-refractivity contribution is 9.10. The number of aromatic amines is 1. The third-order valence-electron chi connectivity index (χ3n) is 2.99. The Kier molecular flexibility index (Phi) is 3.30. The summed E-state index contributed by atoms with van der Waals surface area (Å²) >= 11 is 3.17. The molecular weight excluding hydrogens is 340 g/mol. The number of nitrogens with one attached hydrogen (secondary N) is 1. The summed E-state index contributed by atoms with van der Waals surface area (Å²) in [6, 6.07) is 8.65. The second-order valence-corrected chi connectivity index (χ2v) is 5.35. The van der Waals surface area contributed by atoms with Gasteiger partial charge in [-0.1, -0.05) is 12.1 Å². The van der Waals surface area contributed by atoms with Gasteiger partial charge < -0.3 is 9.55 Å². The first-order valence-corrected chi connectivity index (χ1v) is 6.82. The van der Waals surface area contributed by atoms with Crippen LogP contribution in [0.4, 0.5) is 5.69 Å². The molecule has 0 amide bonds. The Labute approximate surface area is 126 Å². The van der Waals surface area contributed by atoms with Gasteiger partial charge in [0.1, 0.15) is 5.82 Å². The molecule has 7 nitrogen and oxygen atoms in total. The van der Waals surface area contributed by atoms with Crippen molar-refractivity contribution in [2.75, 3.05) is 0 Å². The molecule has 2 heterocycles. The van der Waals surface area contributed by atoms with Crippen LogP contribution in [-0.2, 0) is 6.54 Å². The number of H-pyrrole nitrogens is 1. The maximum atomic E-state index is 12.0. The maximum absolute atomic E-state index is 12.0. The van der Waals surface area contributed by atoms with Gasteiger partial charge in [-0.15, -0.1) is 0 Å². The van der Waals surface area contributed by atoms with Crippen LogP contribution < -0.4 is 5.56 Å². The van der Waals surface area contributed by atoms with E-state index in [9.17, 15) is 14.9 Å². The zero-order valence-electron chi connectivity index (χ0n) is 10.6. The largest absolute Gasteiger partial charge is 0.340 e. The second kappa shape index (κ2) is 5.13. The number of pyridine rings is 1. The van der Waals surface area contributed by atoms with E-state index in [1.165, 1.54) is 16.8 Å². The van der Waals surface area contributed by atoms with E-state index in [0.29, 0.717) is 10.3 Å². The molecule has 1 N–H and O–H groups in total. The first-order valence-electron chi connectivity index (χ1n) is 6.02. The summed E-state index contributed by atoms with van der Waals surface area (Å²) in [5.74, 6) is 0.561. The minimum Gasteiger partial charge on any atom is -0.340 e. The lowest BCUT2D eigenvalue weighted by Crippen LogP contribution is -2.23. The van der Waals surface area contributed by atoms with Crippen LogP contribution in [0, 0.1) is 10.1 Å². The molecule has 8 heteroatoms. The van der Waals surface area contributed by atoms with Crippen LogP contribution in [-0.4, -0.2) is 19.5 Å². The van der Waals surface area contributed by atoms with Crippen LogP contribution in [0.25, 0.3) is 11.0 Å². The highest BCUT2D eigenvalue weighted by Crippen LogP contribution is 2.15. The van der Waals surface area contributed by atoms with E-state index in [-0.39, 0.29) is 6.54 Å². The Morgan fingerprint density at radius 2 is 2.14 bits per heavy atom. The first kappa shape index (κ1) is 13.5. The molecule has 0 spiro atoms. The zero-order chi connectivity index (χ0) is 15.0. The van der Waals surface area contributed by atoms with Gasteiger partial charge in [0, 0.05) is 16.7 Å². The van der Waals surface area contributed by atoms with E-state index in [1.807, 2.05) is 24.3 Å². The van der Waals surface area contributed by atoms with E-state index >= 15 is 0 Å². The number of para-hydroxylation sites is 2. The molecule has 0 saturated heterocycles. The molecule has 1 aromatic carbocycles. The van der Waals surface area contributed by atoms with Crippen molar-refractivity contribution in [3.63, 3.8) is 0 Å². The third-order valence-corrected chi connectivity index (χ3v) is 3.42. The lowest BCUT2D eigenvalue weighted by molar-refractivity contribution is -0.386. The first-order chi connectivity index (χ1) is 10.0. The van der Waals surface area contributed by atoms with Gasteiger partial charge in [-0.05, 0) is 28.1 Å². The Bertz CT molecular complexity index is 867. The highest BCUT2D eigenvalue weighted by atomic mass is 79.9. The molecule has 0 aliphatic carbocycles. The van der Waals surface area contributed by atoms with Gasteiger partial charge in [-0.2, -0.15) is 0 Å². The van der Waals surface area contributed by atoms with E-state index in [1.54, 1.807) is 0 Å². The van der Waals surface area contributed by atoms with Gasteiger partial charge in [-0.25, -0.2) is 4.98 Å². The number of rotatable bonds is 3. The molecule has 0 radical (unpaired) electrons. The van der Waals surface area contributed by atoms with Crippen molar-refractivity contribution in [1.82, 2.24) is 14.5 Å². The van der Waals surface area contributed by atoms with Crippen molar-refractivity contribution in [3.05, 3.63) is 67.3 Å². The van der Waals surface area contributed by atoms with Crippen molar-refractivity contribution >= 4 is 32.7 Å². The van der Waals surface area contributed by atoms with Crippen LogP contribution in [0.3, 0.4) is 0 Å². The topological polar surface area (TPSA) is 93.8 Å². The van der Waals surface area contributed by atoms with Crippen LogP contribution in [0.15, 0.2) is 45.8 Å². The molecule has 0 aliphatic heterocycles. The summed E-state index contributed by atoms with van der Waals surface area (Å²) in [4.78, 5) is 29.7. The fraction of sp³-hybridized carbons (Fsp3) is 0.0769. The Morgan fingerprint density at radius 1 is 1.38 bits per heavy atom. The number of nitrogens with zero attached hydrogens (tertiary/aromatic N) is 3.